The lowest BCUT2D eigenvalue weighted by Crippen LogP contribution is -2.13. The van der Waals surface area contributed by atoms with Crippen LogP contribution in [0.3, 0.4) is 0 Å². The van der Waals surface area contributed by atoms with Crippen LogP contribution in [-0.2, 0) is 4.79 Å². The van der Waals surface area contributed by atoms with Crippen LogP contribution in [0.1, 0.15) is 5.56 Å². The molecule has 110 valence electrons. The summed E-state index contributed by atoms with van der Waals surface area (Å²) in [5, 5.41) is 2.89. The smallest absolute Gasteiger partial charge is 0.234 e. The molecule has 5 heteroatoms. The minimum absolute atomic E-state index is 0.0291. The number of rotatable bonds is 5. The number of halogens is 1. The van der Waals surface area contributed by atoms with Gasteiger partial charge in [0.25, 0.3) is 0 Å². The Morgan fingerprint density at radius 2 is 2.10 bits per heavy atom. The number of hydrogen-bond donors (Lipinski definition) is 1. The third kappa shape index (κ3) is 4.79. The molecule has 3 nitrogen and oxygen atoms in total. The molecule has 1 N–H and O–H groups in total. The van der Waals surface area contributed by atoms with Crippen molar-refractivity contribution in [2.24, 2.45) is 0 Å². The van der Waals surface area contributed by atoms with Gasteiger partial charge in [0.15, 0.2) is 0 Å². The zero-order valence-corrected chi connectivity index (χ0v) is 14.3. The quantitative estimate of drug-likeness (QED) is 0.792. The molecule has 0 aromatic heterocycles. The number of benzene rings is 2. The second-order valence-electron chi connectivity index (χ2n) is 4.48. The van der Waals surface area contributed by atoms with E-state index in [-0.39, 0.29) is 5.91 Å². The summed E-state index contributed by atoms with van der Waals surface area (Å²) in [7, 11) is 1.63. The minimum Gasteiger partial charge on any atom is -0.497 e. The number of aryl methyl sites for hydroxylation is 1. The van der Waals surface area contributed by atoms with Gasteiger partial charge in [-0.2, -0.15) is 0 Å². The van der Waals surface area contributed by atoms with Crippen molar-refractivity contribution in [1.29, 1.82) is 0 Å². The molecule has 2 aromatic rings. The monoisotopic (exact) mass is 365 g/mol. The summed E-state index contributed by atoms with van der Waals surface area (Å²) in [6.45, 7) is 2.01. The second kappa shape index (κ2) is 7.52. The summed E-state index contributed by atoms with van der Waals surface area (Å²) in [5.74, 6) is 1.13. The van der Waals surface area contributed by atoms with E-state index in [2.05, 4.69) is 21.2 Å². The van der Waals surface area contributed by atoms with Gasteiger partial charge in [0.2, 0.25) is 5.91 Å². The van der Waals surface area contributed by atoms with E-state index < -0.39 is 0 Å². The van der Waals surface area contributed by atoms with Crippen LogP contribution in [0.2, 0.25) is 0 Å². The molecule has 0 saturated heterocycles. The summed E-state index contributed by atoms with van der Waals surface area (Å²) >= 11 is 4.94. The molecule has 0 aliphatic carbocycles. The van der Waals surface area contributed by atoms with E-state index in [0.717, 1.165) is 26.4 Å². The Balaban J connectivity index is 1.91. The molecule has 0 aliphatic rings. The first-order valence-corrected chi connectivity index (χ1v) is 8.19. The molecule has 0 unspecified atom stereocenters. The van der Waals surface area contributed by atoms with Crippen LogP contribution >= 0.6 is 27.7 Å². The maximum absolute atomic E-state index is 12.0. The molecule has 0 bridgehead atoms. The normalized spacial score (nSPS) is 10.2. The Morgan fingerprint density at radius 3 is 2.81 bits per heavy atom. The molecular weight excluding hydrogens is 350 g/mol. The van der Waals surface area contributed by atoms with Gasteiger partial charge >= 0.3 is 0 Å². The predicted molar refractivity (Wildman–Crippen MR) is 91.2 cm³/mol. The van der Waals surface area contributed by atoms with Crippen molar-refractivity contribution in [2.45, 2.75) is 11.8 Å². The zero-order chi connectivity index (χ0) is 15.2. The SMILES string of the molecule is COc1cccc(SCC(=O)Nc2ccc(C)c(Br)c2)c1. The van der Waals surface area contributed by atoms with E-state index in [0.29, 0.717) is 5.75 Å². The predicted octanol–water partition coefficient (Wildman–Crippen LogP) is 4.50. The topological polar surface area (TPSA) is 38.3 Å². The van der Waals surface area contributed by atoms with E-state index in [1.807, 2.05) is 49.4 Å². The number of thioether (sulfide) groups is 1. The van der Waals surface area contributed by atoms with Gasteiger partial charge < -0.3 is 10.1 Å². The molecule has 0 aliphatic heterocycles. The third-order valence-corrected chi connectivity index (χ3v) is 4.71. The van der Waals surface area contributed by atoms with Gasteiger partial charge in [-0.05, 0) is 42.8 Å². The molecule has 0 fully saturated rings. The Morgan fingerprint density at radius 1 is 1.29 bits per heavy atom. The highest BCUT2D eigenvalue weighted by Gasteiger charge is 2.05. The maximum Gasteiger partial charge on any atom is 0.234 e. The van der Waals surface area contributed by atoms with Crippen molar-refractivity contribution < 1.29 is 9.53 Å². The first kappa shape index (κ1) is 15.9. The molecule has 0 saturated carbocycles. The van der Waals surface area contributed by atoms with Gasteiger partial charge in [0, 0.05) is 15.1 Å². The van der Waals surface area contributed by atoms with Gasteiger partial charge in [0.05, 0.1) is 12.9 Å². The van der Waals surface area contributed by atoms with Gasteiger partial charge in [-0.1, -0.05) is 28.1 Å². The Labute approximate surface area is 137 Å². The van der Waals surface area contributed by atoms with E-state index in [9.17, 15) is 4.79 Å². The number of methoxy groups -OCH3 is 1. The van der Waals surface area contributed by atoms with Gasteiger partial charge in [-0.3, -0.25) is 4.79 Å². The standard InChI is InChI=1S/C16H16BrNO2S/c1-11-6-7-12(8-15(11)17)18-16(19)10-21-14-5-3-4-13(9-14)20-2/h3-9H,10H2,1-2H3,(H,18,19). The fourth-order valence-corrected chi connectivity index (χ4v) is 2.83. The average Bonchev–Trinajstić information content (AvgIpc) is 2.49. The zero-order valence-electron chi connectivity index (χ0n) is 11.9. The van der Waals surface area contributed by atoms with Crippen molar-refractivity contribution in [2.75, 3.05) is 18.2 Å². The molecule has 1 amide bonds. The molecule has 2 aromatic carbocycles. The number of hydrogen-bond acceptors (Lipinski definition) is 3. The highest BCUT2D eigenvalue weighted by molar-refractivity contribution is 9.10. The minimum atomic E-state index is -0.0291. The number of ether oxygens (including phenoxy) is 1. The molecule has 0 heterocycles. The number of amides is 1. The molecule has 2 rings (SSSR count). The van der Waals surface area contributed by atoms with Crippen molar-refractivity contribution >= 4 is 39.3 Å². The van der Waals surface area contributed by atoms with Crippen LogP contribution in [0.15, 0.2) is 51.8 Å². The lowest BCUT2D eigenvalue weighted by molar-refractivity contribution is -0.113. The van der Waals surface area contributed by atoms with Crippen LogP contribution in [0.4, 0.5) is 5.69 Å². The summed E-state index contributed by atoms with van der Waals surface area (Å²) < 4.78 is 6.15. The van der Waals surface area contributed by atoms with Crippen molar-refractivity contribution in [1.82, 2.24) is 0 Å². The number of carbonyl (C=O) groups is 1. The maximum atomic E-state index is 12.0. The molecule has 21 heavy (non-hydrogen) atoms. The number of anilines is 1. The largest absolute Gasteiger partial charge is 0.497 e. The van der Waals surface area contributed by atoms with Crippen LogP contribution < -0.4 is 10.1 Å². The highest BCUT2D eigenvalue weighted by Crippen LogP contribution is 2.24. The summed E-state index contributed by atoms with van der Waals surface area (Å²) in [6, 6.07) is 13.4. The highest BCUT2D eigenvalue weighted by atomic mass is 79.9. The van der Waals surface area contributed by atoms with Gasteiger partial charge in [-0.15, -0.1) is 11.8 Å². The van der Waals surface area contributed by atoms with Crippen molar-refractivity contribution in [3.05, 3.63) is 52.5 Å². The molecule has 0 spiro atoms. The first-order chi connectivity index (χ1) is 10.1. The van der Waals surface area contributed by atoms with E-state index in [1.165, 1.54) is 11.8 Å². The Hall–Kier alpha value is -1.46. The molecule has 0 radical (unpaired) electrons. The van der Waals surface area contributed by atoms with Crippen molar-refractivity contribution in [3.8, 4) is 5.75 Å². The summed E-state index contributed by atoms with van der Waals surface area (Å²) in [4.78, 5) is 13.0. The average molecular weight is 366 g/mol. The lowest BCUT2D eigenvalue weighted by Gasteiger charge is -2.07. The third-order valence-electron chi connectivity index (χ3n) is 2.87. The van der Waals surface area contributed by atoms with Crippen LogP contribution in [0.25, 0.3) is 0 Å². The van der Waals surface area contributed by atoms with E-state index in [4.69, 9.17) is 4.74 Å². The fourth-order valence-electron chi connectivity index (χ4n) is 1.71. The summed E-state index contributed by atoms with van der Waals surface area (Å²) in [6.07, 6.45) is 0. The van der Waals surface area contributed by atoms with E-state index >= 15 is 0 Å². The van der Waals surface area contributed by atoms with Gasteiger partial charge in [0.1, 0.15) is 5.75 Å². The second-order valence-corrected chi connectivity index (χ2v) is 6.38. The Bertz CT molecular complexity index is 646. The van der Waals surface area contributed by atoms with Crippen LogP contribution in [0, 0.1) is 6.92 Å². The van der Waals surface area contributed by atoms with E-state index in [1.54, 1.807) is 7.11 Å². The number of nitrogens with one attached hydrogen (secondary N) is 1. The summed E-state index contributed by atoms with van der Waals surface area (Å²) in [5.41, 5.74) is 1.93. The molecule has 0 atom stereocenters. The van der Waals surface area contributed by atoms with Gasteiger partial charge in [-0.25, -0.2) is 0 Å². The van der Waals surface area contributed by atoms with Crippen LogP contribution in [0.5, 0.6) is 5.75 Å². The Kier molecular flexibility index (Phi) is 5.70. The first-order valence-electron chi connectivity index (χ1n) is 6.41. The fraction of sp³-hybridized carbons (Fsp3) is 0.188. The lowest BCUT2D eigenvalue weighted by atomic mass is 10.2. The number of carbonyl (C=O) groups excluding carboxylic acids is 1. The van der Waals surface area contributed by atoms with Crippen LogP contribution in [-0.4, -0.2) is 18.8 Å². The molecular formula is C16H16BrNO2S. The van der Waals surface area contributed by atoms with Crippen molar-refractivity contribution in [3.63, 3.8) is 0 Å².